The predicted octanol–water partition coefficient (Wildman–Crippen LogP) is 4.71. The molecule has 0 unspecified atom stereocenters. The van der Waals surface area contributed by atoms with E-state index in [1.807, 2.05) is 35.2 Å². The van der Waals surface area contributed by atoms with Crippen molar-refractivity contribution in [2.24, 2.45) is 10.9 Å². The third kappa shape index (κ3) is 3.58. The molecule has 4 rings (SSSR count). The number of fused-ring (bicyclic) bond motifs is 1. The molecule has 0 bridgehead atoms. The molecule has 0 aliphatic carbocycles. The summed E-state index contributed by atoms with van der Waals surface area (Å²) in [6.45, 7) is 1.38. The third-order valence-electron chi connectivity index (χ3n) is 4.86. The summed E-state index contributed by atoms with van der Waals surface area (Å²) in [5, 5.41) is 1.31. The first-order chi connectivity index (χ1) is 12.1. The Labute approximate surface area is 157 Å². The van der Waals surface area contributed by atoms with E-state index in [0.717, 1.165) is 36.3 Å². The van der Waals surface area contributed by atoms with E-state index in [9.17, 15) is 4.79 Å². The Morgan fingerprint density at radius 2 is 2.00 bits per heavy atom. The average Bonchev–Trinajstić information content (AvgIpc) is 3.13. The van der Waals surface area contributed by atoms with Crippen LogP contribution in [0.5, 0.6) is 0 Å². The molecule has 0 saturated carbocycles. The van der Waals surface area contributed by atoms with Crippen molar-refractivity contribution in [3.8, 4) is 0 Å². The number of aliphatic imine (C=N–C) groups is 1. The molecule has 0 radical (unpaired) electrons. The van der Waals surface area contributed by atoms with Crippen molar-refractivity contribution in [1.29, 1.82) is 0 Å². The van der Waals surface area contributed by atoms with Gasteiger partial charge in [-0.15, -0.1) is 0 Å². The molecule has 0 spiro atoms. The minimum atomic E-state index is 0.203. The lowest BCUT2D eigenvalue weighted by Gasteiger charge is -2.17. The van der Waals surface area contributed by atoms with Crippen molar-refractivity contribution in [3.63, 3.8) is 0 Å². The number of benzene rings is 2. The molecule has 128 valence electrons. The topological polar surface area (TPSA) is 32.7 Å². The molecule has 5 heteroatoms. The van der Waals surface area contributed by atoms with Gasteiger partial charge in [0.15, 0.2) is 0 Å². The summed E-state index contributed by atoms with van der Waals surface area (Å²) in [5.41, 5.74) is 4.40. The molecule has 1 saturated heterocycles. The smallest absolute Gasteiger partial charge is 0.223 e. The number of amides is 1. The zero-order chi connectivity index (χ0) is 17.4. The lowest BCUT2D eigenvalue weighted by Crippen LogP contribution is -2.31. The molecule has 2 aromatic rings. The van der Waals surface area contributed by atoms with Crippen LogP contribution in [0.1, 0.15) is 17.5 Å². The second-order valence-corrected chi connectivity index (χ2v) is 7.61. The maximum Gasteiger partial charge on any atom is 0.223 e. The monoisotopic (exact) mass is 372 g/mol. The number of carbonyl (C=O) groups excluding carboxylic acids is 1. The number of likely N-dealkylation sites (tertiary alicyclic amines) is 1. The summed E-state index contributed by atoms with van der Waals surface area (Å²) in [6, 6.07) is 13.7. The second kappa shape index (κ2) is 6.81. The number of halogens is 2. The molecule has 2 aliphatic heterocycles. The van der Waals surface area contributed by atoms with Gasteiger partial charge >= 0.3 is 0 Å². The molecule has 25 heavy (non-hydrogen) atoms. The van der Waals surface area contributed by atoms with Crippen molar-refractivity contribution in [2.45, 2.75) is 19.3 Å². The molecular weight excluding hydrogens is 355 g/mol. The zero-order valence-electron chi connectivity index (χ0n) is 13.7. The van der Waals surface area contributed by atoms with Crippen LogP contribution < -0.4 is 0 Å². The summed E-state index contributed by atoms with van der Waals surface area (Å²) in [7, 11) is 0. The van der Waals surface area contributed by atoms with E-state index < -0.39 is 0 Å². The molecular formula is C20H18Cl2N2O. The van der Waals surface area contributed by atoms with E-state index in [2.05, 4.69) is 11.1 Å². The van der Waals surface area contributed by atoms with Gasteiger partial charge in [0.1, 0.15) is 0 Å². The highest BCUT2D eigenvalue weighted by Gasteiger charge is 2.31. The third-order valence-corrected chi connectivity index (χ3v) is 5.44. The van der Waals surface area contributed by atoms with Gasteiger partial charge in [0.2, 0.25) is 5.91 Å². The van der Waals surface area contributed by atoms with Crippen molar-refractivity contribution in [3.05, 3.63) is 63.6 Å². The van der Waals surface area contributed by atoms with Crippen LogP contribution in [-0.2, 0) is 17.6 Å². The molecule has 2 heterocycles. The molecule has 2 aromatic carbocycles. The molecule has 3 nitrogen and oxygen atoms in total. The number of nitrogens with zero attached hydrogens (tertiary/aromatic N) is 2. The first-order valence-electron chi connectivity index (χ1n) is 8.44. The highest BCUT2D eigenvalue weighted by atomic mass is 35.5. The summed E-state index contributed by atoms with van der Waals surface area (Å²) in [4.78, 5) is 19.0. The van der Waals surface area contributed by atoms with Crippen molar-refractivity contribution in [1.82, 2.24) is 4.90 Å². The van der Waals surface area contributed by atoms with Gasteiger partial charge in [-0.05, 0) is 41.7 Å². The Morgan fingerprint density at radius 3 is 2.80 bits per heavy atom. The van der Waals surface area contributed by atoms with Gasteiger partial charge in [0.25, 0.3) is 0 Å². The largest absolute Gasteiger partial charge is 0.337 e. The number of para-hydroxylation sites is 1. The zero-order valence-corrected chi connectivity index (χ0v) is 15.2. The van der Waals surface area contributed by atoms with E-state index in [1.165, 1.54) is 5.56 Å². The minimum Gasteiger partial charge on any atom is -0.337 e. The second-order valence-electron chi connectivity index (χ2n) is 6.77. The fourth-order valence-corrected chi connectivity index (χ4v) is 4.14. The van der Waals surface area contributed by atoms with E-state index in [4.69, 9.17) is 23.2 Å². The van der Waals surface area contributed by atoms with Crippen LogP contribution in [0.3, 0.4) is 0 Å². The van der Waals surface area contributed by atoms with Crippen LogP contribution in [0.2, 0.25) is 10.0 Å². The van der Waals surface area contributed by atoms with E-state index in [0.29, 0.717) is 23.0 Å². The van der Waals surface area contributed by atoms with Gasteiger partial charge in [-0.1, -0.05) is 47.5 Å². The SMILES string of the molecule is O=C1C[C@@H](Cc2ccc(Cl)cc2Cl)CN1CC1=Nc2ccccc2C1. The van der Waals surface area contributed by atoms with Crippen molar-refractivity contribution < 1.29 is 4.79 Å². The Hall–Kier alpha value is -1.84. The average molecular weight is 373 g/mol. The summed E-state index contributed by atoms with van der Waals surface area (Å²) >= 11 is 12.2. The predicted molar refractivity (Wildman–Crippen MR) is 102 cm³/mol. The van der Waals surface area contributed by atoms with Gasteiger partial charge < -0.3 is 4.90 Å². The Balaban J connectivity index is 1.40. The Morgan fingerprint density at radius 1 is 1.16 bits per heavy atom. The number of hydrogen-bond acceptors (Lipinski definition) is 2. The maximum absolute atomic E-state index is 12.4. The molecule has 2 aliphatic rings. The van der Waals surface area contributed by atoms with Crippen molar-refractivity contribution >= 4 is 40.5 Å². The van der Waals surface area contributed by atoms with Crippen LogP contribution in [0.25, 0.3) is 0 Å². The van der Waals surface area contributed by atoms with Gasteiger partial charge in [0.05, 0.1) is 12.2 Å². The van der Waals surface area contributed by atoms with Crippen LogP contribution in [-0.4, -0.2) is 29.6 Å². The fourth-order valence-electron chi connectivity index (χ4n) is 3.65. The van der Waals surface area contributed by atoms with Crippen LogP contribution in [0.4, 0.5) is 5.69 Å². The van der Waals surface area contributed by atoms with E-state index >= 15 is 0 Å². The quantitative estimate of drug-likeness (QED) is 0.764. The lowest BCUT2D eigenvalue weighted by atomic mass is 9.98. The highest BCUT2D eigenvalue weighted by Crippen LogP contribution is 2.30. The number of carbonyl (C=O) groups is 1. The first kappa shape index (κ1) is 16.6. The molecule has 0 N–H and O–H groups in total. The molecule has 0 aromatic heterocycles. The molecule has 1 amide bonds. The van der Waals surface area contributed by atoms with Gasteiger partial charge in [-0.2, -0.15) is 0 Å². The Kier molecular flexibility index (Phi) is 4.53. The van der Waals surface area contributed by atoms with Crippen molar-refractivity contribution in [2.75, 3.05) is 13.1 Å². The first-order valence-corrected chi connectivity index (χ1v) is 9.20. The summed E-state index contributed by atoms with van der Waals surface area (Å²) in [6.07, 6.45) is 2.21. The normalized spacial score (nSPS) is 19.3. The van der Waals surface area contributed by atoms with Crippen LogP contribution >= 0.6 is 23.2 Å². The standard InChI is InChI=1S/C20H18Cl2N2O/c21-16-6-5-14(18(22)10-16)7-13-8-20(25)24(11-13)12-17-9-15-3-1-2-4-19(15)23-17/h1-6,10,13H,7-9,11-12H2/t13-/m1/s1. The lowest BCUT2D eigenvalue weighted by molar-refractivity contribution is -0.127. The van der Waals surface area contributed by atoms with Gasteiger partial charge in [-0.3, -0.25) is 9.79 Å². The highest BCUT2D eigenvalue weighted by molar-refractivity contribution is 6.35. The summed E-state index contributed by atoms with van der Waals surface area (Å²) in [5.74, 6) is 0.490. The number of hydrogen-bond donors (Lipinski definition) is 0. The van der Waals surface area contributed by atoms with Crippen LogP contribution in [0, 0.1) is 5.92 Å². The summed E-state index contributed by atoms with van der Waals surface area (Å²) < 4.78 is 0. The van der Waals surface area contributed by atoms with E-state index in [-0.39, 0.29) is 11.8 Å². The number of rotatable bonds is 4. The van der Waals surface area contributed by atoms with Gasteiger partial charge in [0, 0.05) is 35.1 Å². The molecule has 1 fully saturated rings. The van der Waals surface area contributed by atoms with Crippen LogP contribution in [0.15, 0.2) is 47.5 Å². The van der Waals surface area contributed by atoms with Gasteiger partial charge in [-0.25, -0.2) is 0 Å². The minimum absolute atomic E-state index is 0.203. The Bertz CT molecular complexity index is 863. The molecule has 1 atom stereocenters. The van der Waals surface area contributed by atoms with E-state index in [1.54, 1.807) is 6.07 Å². The maximum atomic E-state index is 12.4. The fraction of sp³-hybridized carbons (Fsp3) is 0.300.